The van der Waals surface area contributed by atoms with E-state index < -0.39 is 11.9 Å². The Hall–Kier alpha value is -3.75. The highest BCUT2D eigenvalue weighted by Gasteiger charge is 2.19. The minimum atomic E-state index is -0.837. The Balaban J connectivity index is 1.58. The summed E-state index contributed by atoms with van der Waals surface area (Å²) in [5.74, 6) is 0.0383. The lowest BCUT2D eigenvalue weighted by atomic mass is 10.0. The maximum absolute atomic E-state index is 14.8. The summed E-state index contributed by atoms with van der Waals surface area (Å²) in [6.07, 6.45) is 4.28. The number of amides is 1. The molecule has 0 spiro atoms. The first-order valence-corrected chi connectivity index (χ1v) is 11.3. The number of carbonyl (C=O) groups excluding carboxylic acids is 1. The number of nitrogens with two attached hydrogens (primary N) is 1. The van der Waals surface area contributed by atoms with E-state index in [1.54, 1.807) is 31.3 Å². The molecule has 0 aliphatic carbocycles. The quantitative estimate of drug-likeness (QED) is 0.308. The highest BCUT2D eigenvalue weighted by Crippen LogP contribution is 2.29. The lowest BCUT2D eigenvalue weighted by molar-refractivity contribution is -0.122. The Kier molecular flexibility index (Phi) is 8.94. The van der Waals surface area contributed by atoms with Crippen molar-refractivity contribution in [3.05, 3.63) is 100 Å². The summed E-state index contributed by atoms with van der Waals surface area (Å²) in [7, 11) is 0. The van der Waals surface area contributed by atoms with Crippen LogP contribution in [0.2, 0.25) is 0 Å². The fraction of sp³-hybridized carbons (Fsp3) is 0.259. The van der Waals surface area contributed by atoms with E-state index in [2.05, 4.69) is 22.2 Å². The zero-order valence-corrected chi connectivity index (χ0v) is 20.0. The zero-order chi connectivity index (χ0) is 25.4. The molecular formula is C27H31FN4O3. The average Bonchev–Trinajstić information content (AvgIpc) is 2.85. The van der Waals surface area contributed by atoms with Crippen LogP contribution in [0.25, 0.3) is 0 Å². The van der Waals surface area contributed by atoms with Gasteiger partial charge in [0.2, 0.25) is 5.91 Å². The number of hydrogen-bond donors (Lipinski definition) is 4. The van der Waals surface area contributed by atoms with Crippen LogP contribution < -0.4 is 21.1 Å². The fourth-order valence-electron chi connectivity index (χ4n) is 3.55. The number of aliphatic hydroxyl groups is 1. The second-order valence-electron chi connectivity index (χ2n) is 8.32. The molecule has 0 radical (unpaired) electrons. The summed E-state index contributed by atoms with van der Waals surface area (Å²) in [6.45, 7) is 8.00. The molecule has 0 aromatic heterocycles. The van der Waals surface area contributed by atoms with Crippen molar-refractivity contribution >= 4 is 12.1 Å². The van der Waals surface area contributed by atoms with Gasteiger partial charge in [0.05, 0.1) is 12.6 Å². The number of nitrogens with one attached hydrogen (secondary N) is 2. The molecule has 1 atom stereocenters. The highest BCUT2D eigenvalue weighted by atomic mass is 19.1. The van der Waals surface area contributed by atoms with E-state index in [9.17, 15) is 9.18 Å². The van der Waals surface area contributed by atoms with Gasteiger partial charge < -0.3 is 26.2 Å². The number of allylic oxidation sites excluding steroid dienone is 2. The van der Waals surface area contributed by atoms with Gasteiger partial charge in [-0.2, -0.15) is 0 Å². The number of rotatable bonds is 10. The summed E-state index contributed by atoms with van der Waals surface area (Å²) >= 11 is 0. The third kappa shape index (κ3) is 7.11. The van der Waals surface area contributed by atoms with E-state index in [0.29, 0.717) is 30.1 Å². The summed E-state index contributed by atoms with van der Waals surface area (Å²) in [4.78, 5) is 16.7. The van der Waals surface area contributed by atoms with Crippen molar-refractivity contribution in [2.75, 3.05) is 0 Å². The molecule has 35 heavy (non-hydrogen) atoms. The van der Waals surface area contributed by atoms with Gasteiger partial charge in [0.1, 0.15) is 11.6 Å². The van der Waals surface area contributed by atoms with Gasteiger partial charge in [-0.1, -0.05) is 42.5 Å². The molecule has 1 aliphatic rings. The van der Waals surface area contributed by atoms with E-state index >= 15 is 0 Å². The summed E-state index contributed by atoms with van der Waals surface area (Å²) < 4.78 is 20.5. The number of hydrogen-bond acceptors (Lipinski definition) is 6. The molecule has 5 N–H and O–H groups in total. The predicted molar refractivity (Wildman–Crippen MR) is 135 cm³/mol. The van der Waals surface area contributed by atoms with Gasteiger partial charge in [0, 0.05) is 31.0 Å². The second-order valence-corrected chi connectivity index (χ2v) is 8.32. The van der Waals surface area contributed by atoms with Gasteiger partial charge in [-0.3, -0.25) is 4.79 Å². The minimum Gasteiger partial charge on any atom is -0.454 e. The average molecular weight is 479 g/mol. The molecule has 0 bridgehead atoms. The normalized spacial score (nSPS) is 14.4. The van der Waals surface area contributed by atoms with Gasteiger partial charge in [-0.15, -0.1) is 0 Å². The lowest BCUT2D eigenvalue weighted by Crippen LogP contribution is -2.41. The molecule has 2 aromatic carbocycles. The molecule has 1 amide bonds. The number of nitrogens with zero attached hydrogens (tertiary/aromatic N) is 1. The summed E-state index contributed by atoms with van der Waals surface area (Å²) in [5, 5.41) is 15.0. The SMILES string of the molecule is C=C(Oc1ccc(CC(N)C(=O)NCc2ccc(CO)cc2)cc1F)C1=C(N=CC)NC=C(C)C1. The van der Waals surface area contributed by atoms with Gasteiger partial charge in [-0.25, -0.2) is 9.38 Å². The highest BCUT2D eigenvalue weighted by molar-refractivity contribution is 5.81. The topological polar surface area (TPSA) is 109 Å². The first-order chi connectivity index (χ1) is 16.8. The maximum atomic E-state index is 14.8. The first kappa shape index (κ1) is 25.9. The van der Waals surface area contributed by atoms with Gasteiger partial charge >= 0.3 is 0 Å². The third-order valence-electron chi connectivity index (χ3n) is 5.49. The Bertz CT molecular complexity index is 1170. The molecular weight excluding hydrogens is 447 g/mol. The van der Waals surface area contributed by atoms with Crippen LogP contribution in [0.3, 0.4) is 0 Å². The molecule has 7 nitrogen and oxygen atoms in total. The third-order valence-corrected chi connectivity index (χ3v) is 5.49. The number of carbonyl (C=O) groups is 1. The zero-order valence-electron chi connectivity index (χ0n) is 20.0. The van der Waals surface area contributed by atoms with Crippen molar-refractivity contribution in [2.24, 2.45) is 10.7 Å². The van der Waals surface area contributed by atoms with Crippen LogP contribution >= 0.6 is 0 Å². The van der Waals surface area contributed by atoms with Crippen molar-refractivity contribution in [1.82, 2.24) is 10.6 Å². The van der Waals surface area contributed by atoms with E-state index in [0.717, 1.165) is 22.3 Å². The Morgan fingerprint density at radius 2 is 1.97 bits per heavy atom. The predicted octanol–water partition coefficient (Wildman–Crippen LogP) is 3.60. The van der Waals surface area contributed by atoms with Crippen LogP contribution in [0.5, 0.6) is 5.75 Å². The van der Waals surface area contributed by atoms with Gasteiger partial charge in [0.25, 0.3) is 0 Å². The Morgan fingerprint density at radius 3 is 2.63 bits per heavy atom. The Labute approximate surface area is 204 Å². The standard InChI is InChI=1S/C27H31FN4O3/c1-4-30-26-22(11-17(2)14-31-26)18(3)35-25-10-9-21(12-23(25)28)13-24(29)27(34)32-15-19-5-7-20(16-33)8-6-19/h4-10,12,14,24,31,33H,3,11,13,15-16,29H2,1-2H3,(H,32,34). The summed E-state index contributed by atoms with van der Waals surface area (Å²) in [6, 6.07) is 10.9. The lowest BCUT2D eigenvalue weighted by Gasteiger charge is -2.20. The van der Waals surface area contributed by atoms with Crippen LogP contribution in [0, 0.1) is 5.82 Å². The van der Waals surface area contributed by atoms with Crippen molar-refractivity contribution in [3.63, 3.8) is 0 Å². The fourth-order valence-corrected chi connectivity index (χ4v) is 3.55. The monoisotopic (exact) mass is 478 g/mol. The van der Waals surface area contributed by atoms with E-state index in [4.69, 9.17) is 15.6 Å². The molecule has 1 unspecified atom stereocenters. The molecule has 1 aliphatic heterocycles. The molecule has 8 heteroatoms. The molecule has 3 rings (SSSR count). The first-order valence-electron chi connectivity index (χ1n) is 11.3. The number of aliphatic imine (C=N–C) groups is 1. The van der Waals surface area contributed by atoms with Crippen LogP contribution in [0.1, 0.15) is 37.0 Å². The van der Waals surface area contributed by atoms with Crippen molar-refractivity contribution < 1.29 is 19.0 Å². The van der Waals surface area contributed by atoms with Crippen LogP contribution in [0.4, 0.5) is 4.39 Å². The van der Waals surface area contributed by atoms with Crippen molar-refractivity contribution in [1.29, 1.82) is 0 Å². The van der Waals surface area contributed by atoms with Crippen LogP contribution in [0.15, 0.2) is 83.0 Å². The summed E-state index contributed by atoms with van der Waals surface area (Å²) in [5.41, 5.74) is 10.1. The van der Waals surface area contributed by atoms with Crippen LogP contribution in [-0.4, -0.2) is 23.3 Å². The van der Waals surface area contributed by atoms with Crippen molar-refractivity contribution in [3.8, 4) is 5.75 Å². The van der Waals surface area contributed by atoms with E-state index in [1.807, 2.05) is 25.3 Å². The second kappa shape index (κ2) is 12.1. The smallest absolute Gasteiger partial charge is 0.237 e. The van der Waals surface area contributed by atoms with Crippen LogP contribution in [-0.2, 0) is 24.4 Å². The molecule has 0 saturated heterocycles. The van der Waals surface area contributed by atoms with Gasteiger partial charge in [-0.05, 0) is 49.1 Å². The molecule has 1 heterocycles. The number of aliphatic hydroxyl groups excluding tert-OH is 1. The van der Waals surface area contributed by atoms with E-state index in [-0.39, 0.29) is 24.7 Å². The van der Waals surface area contributed by atoms with Crippen molar-refractivity contribution in [2.45, 2.75) is 45.9 Å². The van der Waals surface area contributed by atoms with E-state index in [1.165, 1.54) is 12.1 Å². The number of dihydropyridines is 1. The minimum absolute atomic E-state index is 0.0302. The Morgan fingerprint density at radius 1 is 1.29 bits per heavy atom. The number of halogens is 1. The maximum Gasteiger partial charge on any atom is 0.237 e. The van der Waals surface area contributed by atoms with Gasteiger partial charge in [0.15, 0.2) is 11.6 Å². The molecule has 0 saturated carbocycles. The molecule has 184 valence electrons. The molecule has 0 fully saturated rings. The number of benzene rings is 2. The largest absolute Gasteiger partial charge is 0.454 e. The molecule has 2 aromatic rings. The number of ether oxygens (including phenoxy) is 1.